The number of nitrogens with one attached hydrogen (secondary N) is 1. The van der Waals surface area contributed by atoms with Crippen LogP contribution in [0, 0.1) is 5.92 Å². The van der Waals surface area contributed by atoms with Gasteiger partial charge in [-0.3, -0.25) is 9.78 Å². The molecule has 2 heterocycles. The minimum absolute atomic E-state index is 0.168. The van der Waals surface area contributed by atoms with Gasteiger partial charge < -0.3 is 15.3 Å². The minimum Gasteiger partial charge on any atom is -0.465 e. The van der Waals surface area contributed by atoms with Gasteiger partial charge >= 0.3 is 6.09 Å². The Bertz CT molecular complexity index is 985. The maximum atomic E-state index is 13.1. The van der Waals surface area contributed by atoms with Gasteiger partial charge in [-0.25, -0.2) is 4.79 Å². The highest BCUT2D eigenvalue weighted by Crippen LogP contribution is 2.34. The lowest BCUT2D eigenvalue weighted by molar-refractivity contribution is -0.119. The zero-order valence-corrected chi connectivity index (χ0v) is 14.6. The van der Waals surface area contributed by atoms with E-state index < -0.39 is 12.0 Å². The standard InChI is InChI=1S/C21H19N3O3/c25-20(23-19-8-4-7-15-11-22-10-9-16(15)19)18-13-24(21(26)27)12-17(18)14-5-2-1-3-6-14/h1-11,17-18H,12-13H2,(H,23,25)(H,26,27)/t17-,18+/m0/s1. The van der Waals surface area contributed by atoms with Crippen LogP contribution in [0.4, 0.5) is 10.5 Å². The number of aromatic nitrogens is 1. The topological polar surface area (TPSA) is 82.5 Å². The second kappa shape index (κ2) is 7.07. The first-order valence-electron chi connectivity index (χ1n) is 8.80. The molecule has 0 bridgehead atoms. The number of anilines is 1. The third-order valence-electron chi connectivity index (χ3n) is 5.09. The van der Waals surface area contributed by atoms with E-state index in [2.05, 4.69) is 10.3 Å². The Morgan fingerprint density at radius 3 is 2.63 bits per heavy atom. The third-order valence-corrected chi connectivity index (χ3v) is 5.09. The van der Waals surface area contributed by atoms with Crippen molar-refractivity contribution >= 4 is 28.5 Å². The van der Waals surface area contributed by atoms with Crippen molar-refractivity contribution in [1.82, 2.24) is 9.88 Å². The van der Waals surface area contributed by atoms with Gasteiger partial charge in [0.2, 0.25) is 5.91 Å². The van der Waals surface area contributed by atoms with E-state index in [1.807, 2.05) is 54.6 Å². The van der Waals surface area contributed by atoms with Crippen LogP contribution >= 0.6 is 0 Å². The average Bonchev–Trinajstić information content (AvgIpc) is 3.15. The Kier molecular flexibility index (Phi) is 4.46. The number of rotatable bonds is 3. The maximum absolute atomic E-state index is 13.1. The van der Waals surface area contributed by atoms with Crippen molar-refractivity contribution in [1.29, 1.82) is 0 Å². The molecular weight excluding hydrogens is 342 g/mol. The summed E-state index contributed by atoms with van der Waals surface area (Å²) in [6, 6.07) is 17.1. The molecule has 1 saturated heterocycles. The number of carbonyl (C=O) groups excluding carboxylic acids is 1. The van der Waals surface area contributed by atoms with Gasteiger partial charge in [-0.15, -0.1) is 0 Å². The predicted octanol–water partition coefficient (Wildman–Crippen LogP) is 3.57. The smallest absolute Gasteiger partial charge is 0.407 e. The fourth-order valence-electron chi connectivity index (χ4n) is 3.72. The molecule has 0 saturated carbocycles. The second-order valence-electron chi connectivity index (χ2n) is 6.70. The van der Waals surface area contributed by atoms with E-state index in [0.29, 0.717) is 12.2 Å². The first kappa shape index (κ1) is 17.0. The van der Waals surface area contributed by atoms with E-state index in [9.17, 15) is 14.7 Å². The van der Waals surface area contributed by atoms with Gasteiger partial charge in [-0.2, -0.15) is 0 Å². The molecule has 1 fully saturated rings. The van der Waals surface area contributed by atoms with Crippen LogP contribution in [0.15, 0.2) is 67.0 Å². The Balaban J connectivity index is 1.63. The fraction of sp³-hybridized carbons (Fsp3) is 0.190. The maximum Gasteiger partial charge on any atom is 0.407 e. The summed E-state index contributed by atoms with van der Waals surface area (Å²) in [6.45, 7) is 0.504. The quantitative estimate of drug-likeness (QED) is 0.747. The highest BCUT2D eigenvalue weighted by molar-refractivity contribution is 6.03. The summed E-state index contributed by atoms with van der Waals surface area (Å²) < 4.78 is 0. The number of carbonyl (C=O) groups is 2. The van der Waals surface area contributed by atoms with E-state index in [0.717, 1.165) is 16.3 Å². The average molecular weight is 361 g/mol. The summed E-state index contributed by atoms with van der Waals surface area (Å²) in [6.07, 6.45) is 2.44. The molecule has 2 amide bonds. The van der Waals surface area contributed by atoms with Gasteiger partial charge in [0.25, 0.3) is 0 Å². The number of amides is 2. The van der Waals surface area contributed by atoms with Crippen molar-refractivity contribution in [3.8, 4) is 0 Å². The zero-order chi connectivity index (χ0) is 18.8. The number of likely N-dealkylation sites (tertiary alicyclic amines) is 1. The molecule has 0 spiro atoms. The molecule has 0 aliphatic carbocycles. The van der Waals surface area contributed by atoms with Crippen LogP contribution in [-0.4, -0.2) is 40.1 Å². The van der Waals surface area contributed by atoms with E-state index in [-0.39, 0.29) is 18.4 Å². The first-order chi connectivity index (χ1) is 13.1. The summed E-state index contributed by atoms with van der Waals surface area (Å²) in [5, 5.41) is 14.2. The van der Waals surface area contributed by atoms with Crippen LogP contribution in [0.5, 0.6) is 0 Å². The van der Waals surface area contributed by atoms with Crippen molar-refractivity contribution in [2.75, 3.05) is 18.4 Å². The Morgan fingerprint density at radius 1 is 1.04 bits per heavy atom. The number of carboxylic acid groups (broad SMARTS) is 1. The van der Waals surface area contributed by atoms with E-state index >= 15 is 0 Å². The van der Waals surface area contributed by atoms with Gasteiger partial charge in [-0.1, -0.05) is 42.5 Å². The fourth-order valence-corrected chi connectivity index (χ4v) is 3.72. The molecule has 136 valence electrons. The predicted molar refractivity (Wildman–Crippen MR) is 103 cm³/mol. The third kappa shape index (κ3) is 3.33. The molecule has 4 rings (SSSR count). The zero-order valence-electron chi connectivity index (χ0n) is 14.6. The lowest BCUT2D eigenvalue weighted by atomic mass is 9.88. The Morgan fingerprint density at radius 2 is 1.85 bits per heavy atom. The SMILES string of the molecule is O=C(Nc1cccc2cnccc12)[C@@H]1CN(C(=O)O)C[C@H]1c1ccccc1. The van der Waals surface area contributed by atoms with Gasteiger partial charge in [0.1, 0.15) is 0 Å². The number of hydrogen-bond donors (Lipinski definition) is 2. The number of fused-ring (bicyclic) bond motifs is 1. The van der Waals surface area contributed by atoms with E-state index in [1.54, 1.807) is 12.4 Å². The summed E-state index contributed by atoms with van der Waals surface area (Å²) in [7, 11) is 0. The summed E-state index contributed by atoms with van der Waals surface area (Å²) in [4.78, 5) is 30.0. The highest BCUT2D eigenvalue weighted by Gasteiger charge is 2.40. The molecule has 6 heteroatoms. The summed E-state index contributed by atoms with van der Waals surface area (Å²) in [5.74, 6) is -0.781. The molecule has 0 unspecified atom stereocenters. The van der Waals surface area contributed by atoms with Gasteiger partial charge in [0, 0.05) is 47.9 Å². The number of benzene rings is 2. The number of nitrogens with zero attached hydrogens (tertiary/aromatic N) is 2. The van der Waals surface area contributed by atoms with Gasteiger partial charge in [-0.05, 0) is 17.7 Å². The largest absolute Gasteiger partial charge is 0.465 e. The van der Waals surface area contributed by atoms with Crippen LogP contribution < -0.4 is 5.32 Å². The van der Waals surface area contributed by atoms with Gasteiger partial charge in [0.15, 0.2) is 0 Å². The lowest BCUT2D eigenvalue weighted by Crippen LogP contribution is -2.30. The molecule has 6 nitrogen and oxygen atoms in total. The lowest BCUT2D eigenvalue weighted by Gasteiger charge is -2.18. The molecule has 1 aliphatic rings. The van der Waals surface area contributed by atoms with Gasteiger partial charge in [0.05, 0.1) is 5.92 Å². The first-order valence-corrected chi connectivity index (χ1v) is 8.80. The summed E-state index contributed by atoms with van der Waals surface area (Å²) in [5.41, 5.74) is 1.68. The van der Waals surface area contributed by atoms with Crippen molar-refractivity contribution in [2.45, 2.75) is 5.92 Å². The normalized spacial score (nSPS) is 19.2. The van der Waals surface area contributed by atoms with Crippen LogP contribution in [0.25, 0.3) is 10.8 Å². The summed E-state index contributed by atoms with van der Waals surface area (Å²) >= 11 is 0. The molecule has 0 radical (unpaired) electrons. The minimum atomic E-state index is -0.998. The molecular formula is C21H19N3O3. The van der Waals surface area contributed by atoms with Crippen molar-refractivity contribution in [3.63, 3.8) is 0 Å². The molecule has 27 heavy (non-hydrogen) atoms. The number of pyridine rings is 1. The Hall–Kier alpha value is -3.41. The molecule has 3 aromatic rings. The monoisotopic (exact) mass is 361 g/mol. The molecule has 1 aromatic heterocycles. The molecule has 2 aromatic carbocycles. The number of hydrogen-bond acceptors (Lipinski definition) is 3. The van der Waals surface area contributed by atoms with Crippen molar-refractivity contribution in [2.24, 2.45) is 5.92 Å². The second-order valence-corrected chi connectivity index (χ2v) is 6.70. The molecule has 2 N–H and O–H groups in total. The van der Waals surface area contributed by atoms with Crippen molar-refractivity contribution < 1.29 is 14.7 Å². The molecule has 2 atom stereocenters. The molecule has 1 aliphatic heterocycles. The van der Waals surface area contributed by atoms with Crippen LogP contribution in [0.2, 0.25) is 0 Å². The van der Waals surface area contributed by atoms with Crippen LogP contribution in [0.1, 0.15) is 11.5 Å². The van der Waals surface area contributed by atoms with Crippen LogP contribution in [-0.2, 0) is 4.79 Å². The van der Waals surface area contributed by atoms with Crippen LogP contribution in [0.3, 0.4) is 0 Å². The van der Waals surface area contributed by atoms with E-state index in [1.165, 1.54) is 4.90 Å². The van der Waals surface area contributed by atoms with E-state index in [4.69, 9.17) is 0 Å². The van der Waals surface area contributed by atoms with Crippen molar-refractivity contribution in [3.05, 3.63) is 72.6 Å². The highest BCUT2D eigenvalue weighted by atomic mass is 16.4. The Labute approximate surface area is 156 Å².